The van der Waals surface area contributed by atoms with Crippen LogP contribution in [0.4, 0.5) is 0 Å². The Hall–Kier alpha value is -6.40. The van der Waals surface area contributed by atoms with Gasteiger partial charge in [-0.05, 0) is 271 Å². The molecule has 11 aliphatic rings. The maximum absolute atomic E-state index is 7.50. The van der Waals surface area contributed by atoms with Gasteiger partial charge in [-0.3, -0.25) is 0 Å². The second-order valence-electron chi connectivity index (χ2n) is 26.2. The molecule has 304 valence electrons. The summed E-state index contributed by atoms with van der Waals surface area (Å²) in [6.07, 6.45) is 0. The maximum Gasteiger partial charge on any atom is 0 e. The van der Waals surface area contributed by atoms with Crippen molar-refractivity contribution in [3.63, 3.8) is 0 Å². The predicted octanol–water partition coefficient (Wildman–Crippen LogP) is 15.6. The molecule has 0 amide bonds. The summed E-state index contributed by atoms with van der Waals surface area (Å²) in [7, 11) is 0. The Balaban J connectivity index is 0.000000637. The van der Waals surface area contributed by atoms with Crippen molar-refractivity contribution in [1.82, 2.24) is 0 Å². The van der Waals surface area contributed by atoms with Crippen molar-refractivity contribution < 1.29 is 28.8 Å². The zero-order valence-electron chi connectivity index (χ0n) is 37.1. The number of hydrogen-bond donors (Lipinski definition) is 0. The molecular weight excluding hydrogens is 940 g/mol. The van der Waals surface area contributed by atoms with Gasteiger partial charge in [-0.1, -0.05) is 34.6 Å². The average Bonchev–Trinajstić information content (AvgIpc) is 4.41. The van der Waals surface area contributed by atoms with Crippen LogP contribution in [0.25, 0.3) is 215 Å². The Labute approximate surface area is 401 Å². The fraction of sp³-hybridized carbons (Fsp3) is 0.149. The third-order valence-corrected chi connectivity index (χ3v) is 26.2. The van der Waals surface area contributed by atoms with Crippen LogP contribution in [0.2, 0.25) is 0 Å². The molecule has 0 spiro atoms. The molecule has 0 N–H and O–H groups in total. The van der Waals surface area contributed by atoms with E-state index < -0.39 is 0 Å². The van der Waals surface area contributed by atoms with Crippen molar-refractivity contribution in [2.24, 2.45) is 0 Å². The third-order valence-electron chi connectivity index (χ3n) is 26.2. The first-order valence-corrected chi connectivity index (χ1v) is 25.4. The molecule has 0 aromatic heterocycles. The van der Waals surface area contributed by atoms with E-state index in [0.717, 1.165) is 0 Å². The quantitative estimate of drug-likeness (QED) is 0.0629. The minimum Gasteiger partial charge on any atom is 0 e. The summed E-state index contributed by atoms with van der Waals surface area (Å²) in [5, 5.41) is 67.8. The average molecular weight is 955 g/mol. The first kappa shape index (κ1) is 30.4. The first-order valence-electron chi connectivity index (χ1n) is 25.4. The molecule has 70 heavy (non-hydrogen) atoms. The van der Waals surface area contributed by atoms with E-state index in [1.165, 1.54) is 0 Å². The van der Waals surface area contributed by atoms with Crippen molar-refractivity contribution in [2.45, 2.75) is 61.7 Å². The van der Waals surface area contributed by atoms with Crippen LogP contribution in [-0.4, -0.2) is 0 Å². The Kier molecular flexibility index (Phi) is 2.90. The Morgan fingerprint density at radius 3 is 0.329 bits per heavy atom. The summed E-state index contributed by atoms with van der Waals surface area (Å²) in [5.74, 6) is 9.05. The molecule has 32 rings (SSSR count). The predicted molar refractivity (Wildman–Crippen MR) is 274 cm³/mol. The van der Waals surface area contributed by atoms with Gasteiger partial charge in [0.05, 0.1) is 0 Å². The van der Waals surface area contributed by atoms with Crippen LogP contribution in [-0.2, 0) is 55.9 Å². The van der Waals surface area contributed by atoms with Crippen LogP contribution in [0.5, 0.6) is 0 Å². The molecule has 0 saturated heterocycles. The van der Waals surface area contributed by atoms with Gasteiger partial charge in [-0.15, -0.1) is 0 Å². The van der Waals surface area contributed by atoms with Gasteiger partial charge in [0.25, 0.3) is 0 Å². The Morgan fingerprint density at radius 2 is 0.243 bits per heavy atom. The molecule has 6 radical (unpaired) electrons. The molecule has 21 aromatic rings. The summed E-state index contributed by atoms with van der Waals surface area (Å²) in [6.45, 7) is 23.2. The van der Waals surface area contributed by atoms with E-state index in [2.05, 4.69) is 47.9 Å². The zero-order chi connectivity index (χ0) is 43.3. The van der Waals surface area contributed by atoms with Gasteiger partial charge in [0.1, 0.15) is 0 Å². The van der Waals surface area contributed by atoms with Crippen molar-refractivity contribution in [3.05, 3.63) is 98.5 Å². The fourth-order valence-corrected chi connectivity index (χ4v) is 26.2. The van der Waals surface area contributed by atoms with E-state index in [1.807, 2.05) is 29.6 Å². The SMILES string of the molecule is CC12[C]3[C]4[C]5[C]6[C]3C3(C)c7c1c1c8c2c2c9c%10c(c%11c%12c%13c(c%14c%15c%16c(c3c3c7c7c1c1c%17c8c9c8c9c%10c%12c%10c%12c%13c%15c%13c%15c%16c3c3c7c1c1c(c%178)c(c9%10)c(c%12%13)c1c3%15)C6%14C)C5%11C)C42C.[C-]#[O+].[C-]#[O+].[Rh]. The minimum atomic E-state index is -0.191. The maximum atomic E-state index is 7.50. The van der Waals surface area contributed by atoms with Gasteiger partial charge in [0.15, 0.2) is 0 Å². The van der Waals surface area contributed by atoms with Crippen molar-refractivity contribution in [3.8, 4) is 0 Å². The normalized spacial score (nSPS) is 30.7. The molecule has 1 fully saturated rings. The molecule has 1 saturated carbocycles. The van der Waals surface area contributed by atoms with Gasteiger partial charge >= 0.3 is 22.6 Å². The van der Waals surface area contributed by atoms with Crippen LogP contribution < -0.4 is 0 Å². The minimum absolute atomic E-state index is 0. The largest absolute Gasteiger partial charge is 0 e. The van der Waals surface area contributed by atoms with Crippen LogP contribution in [0.15, 0.2) is 0 Å². The molecule has 0 heterocycles. The number of hydrogen-bond acceptors (Lipinski definition) is 0. The Morgan fingerprint density at radius 1 is 0.171 bits per heavy atom. The van der Waals surface area contributed by atoms with Gasteiger partial charge < -0.3 is 0 Å². The van der Waals surface area contributed by atoms with Gasteiger partial charge in [-0.25, -0.2) is 0 Å². The fourth-order valence-electron chi connectivity index (χ4n) is 26.2. The van der Waals surface area contributed by atoms with Crippen LogP contribution in [0.1, 0.15) is 90.3 Å². The molecule has 21 aromatic carbocycles. The van der Waals surface area contributed by atoms with Crippen molar-refractivity contribution in [2.75, 3.05) is 0 Å². The van der Waals surface area contributed by atoms with Gasteiger partial charge in [0.2, 0.25) is 0 Å². The first-order chi connectivity index (χ1) is 33.8. The molecule has 0 atom stereocenters. The van der Waals surface area contributed by atoms with Crippen LogP contribution in [0.3, 0.4) is 0 Å². The molecule has 0 unspecified atom stereocenters. The molecule has 0 bridgehead atoms. The van der Waals surface area contributed by atoms with E-state index >= 15 is 0 Å². The van der Waals surface area contributed by atoms with E-state index in [4.69, 9.17) is 9.30 Å². The zero-order valence-corrected chi connectivity index (χ0v) is 38.8. The standard InChI is InChI=1S/C65H15.2CO.Rh/c1-61-46-36-26-16-11-6-7-9-10-8(6)13-20-18(11)28(26)38-40-30(20)32-22(13)24-15(10)25-23-14(9)21-19-12(7)17(16)27-29(19)39-41-31(21)33(23)43-45-35(25)34(24)44-42(32)52-50(40)62(2,48(38)46)57-56(61)58-60-59(57)64(52,4)54(44)55(45)65(60,5)53(43)51(41)63(58,3)49(39)47(61)37(27)36;2*1-2;/h1-5H3;;;. The van der Waals surface area contributed by atoms with E-state index in [-0.39, 0.29) is 46.6 Å². The number of benzene rings is 15. The van der Waals surface area contributed by atoms with Gasteiger partial charge in [-0.2, -0.15) is 0 Å². The monoisotopic (exact) mass is 954 g/mol. The van der Waals surface area contributed by atoms with Gasteiger partial charge in [0, 0.05) is 76.1 Å². The molecule has 0 aliphatic heterocycles. The van der Waals surface area contributed by atoms with E-state index in [1.54, 1.807) is 271 Å². The molecule has 3 heteroatoms. The third kappa shape index (κ3) is 1.54. The molecule has 2 nitrogen and oxygen atoms in total. The van der Waals surface area contributed by atoms with Crippen molar-refractivity contribution in [1.29, 1.82) is 0 Å². The smallest absolute Gasteiger partial charge is 0 e. The van der Waals surface area contributed by atoms with Crippen molar-refractivity contribution >= 4 is 215 Å². The Bertz CT molecular complexity index is 5330. The molecular formula is C67H15O2Rh. The van der Waals surface area contributed by atoms with Crippen LogP contribution >= 0.6 is 0 Å². The second kappa shape index (κ2) is 6.68. The number of rotatable bonds is 0. The topological polar surface area (TPSA) is 39.8 Å². The van der Waals surface area contributed by atoms with E-state index in [0.29, 0.717) is 0 Å². The summed E-state index contributed by atoms with van der Waals surface area (Å²) in [6, 6.07) is 0. The molecule has 11 aliphatic carbocycles. The summed E-state index contributed by atoms with van der Waals surface area (Å²) >= 11 is 0. The van der Waals surface area contributed by atoms with E-state index in [9.17, 15) is 0 Å². The summed E-state index contributed by atoms with van der Waals surface area (Å²) in [5.41, 5.74) is 16.8. The summed E-state index contributed by atoms with van der Waals surface area (Å²) < 4.78 is 15.0. The second-order valence-corrected chi connectivity index (χ2v) is 26.2. The van der Waals surface area contributed by atoms with Crippen LogP contribution in [0, 0.1) is 42.9 Å². The summed E-state index contributed by atoms with van der Waals surface area (Å²) in [4.78, 5) is 0.